The van der Waals surface area contributed by atoms with Gasteiger partial charge in [0.15, 0.2) is 6.29 Å². The number of carbonyl (C=O) groups is 2. The van der Waals surface area contributed by atoms with Crippen LogP contribution in [0.15, 0.2) is 47.2 Å². The van der Waals surface area contributed by atoms with Crippen molar-refractivity contribution in [2.45, 2.75) is 0 Å². The molecule has 0 aliphatic carbocycles. The summed E-state index contributed by atoms with van der Waals surface area (Å²) >= 11 is 9.28. The van der Waals surface area contributed by atoms with Crippen LogP contribution in [0.2, 0.25) is 5.02 Å². The van der Waals surface area contributed by atoms with Gasteiger partial charge in [0.2, 0.25) is 0 Å². The molecule has 5 nitrogen and oxygen atoms in total. The third kappa shape index (κ3) is 2.87. The minimum Gasteiger partial charge on any atom is -0.311 e. The van der Waals surface area contributed by atoms with Crippen LogP contribution in [0, 0.1) is 0 Å². The molecule has 116 valence electrons. The lowest BCUT2D eigenvalue weighted by Crippen LogP contribution is -2.27. The molecule has 0 fully saturated rings. The van der Waals surface area contributed by atoms with Gasteiger partial charge in [-0.1, -0.05) is 11.6 Å². The van der Waals surface area contributed by atoms with E-state index in [0.29, 0.717) is 28.1 Å². The summed E-state index contributed by atoms with van der Waals surface area (Å²) in [4.78, 5) is 25.3. The van der Waals surface area contributed by atoms with Gasteiger partial charge in [0, 0.05) is 29.4 Å². The fourth-order valence-corrected chi connectivity index (χ4v) is 2.88. The smallest absolute Gasteiger partial charge is 0.258 e. The number of rotatable bonds is 3. The maximum Gasteiger partial charge on any atom is 0.258 e. The van der Waals surface area contributed by atoms with Gasteiger partial charge in [-0.05, 0) is 46.3 Å². The first kappa shape index (κ1) is 15.7. The second-order valence-electron chi connectivity index (χ2n) is 4.92. The quantitative estimate of drug-likeness (QED) is 0.636. The van der Waals surface area contributed by atoms with Crippen molar-refractivity contribution >= 4 is 50.9 Å². The van der Waals surface area contributed by atoms with Crippen molar-refractivity contribution in [2.24, 2.45) is 0 Å². The zero-order valence-electron chi connectivity index (χ0n) is 12.0. The number of benzene rings is 1. The number of aldehydes is 1. The molecule has 0 spiro atoms. The monoisotopic (exact) mass is 391 g/mol. The van der Waals surface area contributed by atoms with Crippen molar-refractivity contribution in [1.82, 2.24) is 9.61 Å². The van der Waals surface area contributed by atoms with Crippen LogP contribution in [0.1, 0.15) is 20.7 Å². The number of aromatic nitrogens is 2. The lowest BCUT2D eigenvalue weighted by atomic mass is 10.1. The molecule has 3 aromatic rings. The van der Waals surface area contributed by atoms with Gasteiger partial charge < -0.3 is 4.90 Å². The van der Waals surface area contributed by atoms with Crippen LogP contribution in [0.3, 0.4) is 0 Å². The van der Waals surface area contributed by atoms with Crippen molar-refractivity contribution < 1.29 is 9.59 Å². The van der Waals surface area contributed by atoms with E-state index in [0.717, 1.165) is 9.99 Å². The van der Waals surface area contributed by atoms with Crippen LogP contribution >= 0.6 is 27.5 Å². The Morgan fingerprint density at radius 3 is 2.87 bits per heavy atom. The molecule has 0 aliphatic heterocycles. The maximum atomic E-state index is 12.7. The molecule has 3 rings (SSSR count). The number of fused-ring (bicyclic) bond motifs is 1. The number of pyridine rings is 1. The molecule has 23 heavy (non-hydrogen) atoms. The third-order valence-corrected chi connectivity index (χ3v) is 4.35. The fraction of sp³-hybridized carbons (Fsp3) is 0.0625. The SMILES string of the molecule is CN(C(=O)c1ccn2ncc(Br)c2c1)c1ccc(Cl)cc1C=O. The molecule has 0 radical (unpaired) electrons. The van der Waals surface area contributed by atoms with Gasteiger partial charge in [-0.3, -0.25) is 9.59 Å². The van der Waals surface area contributed by atoms with E-state index >= 15 is 0 Å². The van der Waals surface area contributed by atoms with E-state index in [2.05, 4.69) is 21.0 Å². The van der Waals surface area contributed by atoms with E-state index in [9.17, 15) is 9.59 Å². The van der Waals surface area contributed by atoms with E-state index in [-0.39, 0.29) is 5.91 Å². The molecule has 0 atom stereocenters. The lowest BCUT2D eigenvalue weighted by molar-refractivity contribution is 0.0993. The molecule has 1 aromatic carbocycles. The average molecular weight is 393 g/mol. The van der Waals surface area contributed by atoms with Crippen molar-refractivity contribution in [3.8, 4) is 0 Å². The summed E-state index contributed by atoms with van der Waals surface area (Å²) in [5, 5.41) is 4.59. The zero-order valence-corrected chi connectivity index (χ0v) is 14.4. The minimum absolute atomic E-state index is 0.231. The van der Waals surface area contributed by atoms with Crippen molar-refractivity contribution in [3.63, 3.8) is 0 Å². The highest BCUT2D eigenvalue weighted by Crippen LogP contribution is 2.24. The van der Waals surface area contributed by atoms with E-state index in [1.165, 1.54) is 11.0 Å². The van der Waals surface area contributed by atoms with Crippen LogP contribution in [-0.2, 0) is 0 Å². The number of anilines is 1. The number of hydrogen-bond donors (Lipinski definition) is 0. The highest BCUT2D eigenvalue weighted by atomic mass is 79.9. The Balaban J connectivity index is 2.01. The molecule has 2 heterocycles. The Morgan fingerprint density at radius 2 is 2.13 bits per heavy atom. The van der Waals surface area contributed by atoms with Gasteiger partial charge in [0.05, 0.1) is 21.9 Å². The molecule has 0 bridgehead atoms. The molecule has 0 N–H and O–H groups in total. The summed E-state index contributed by atoms with van der Waals surface area (Å²) in [5.41, 5.74) is 2.14. The topological polar surface area (TPSA) is 54.7 Å². The third-order valence-electron chi connectivity index (χ3n) is 3.50. The standard InChI is InChI=1S/C16H11BrClN3O2/c1-20(14-3-2-12(18)6-11(14)9-22)16(23)10-4-5-21-15(7-10)13(17)8-19-21/h2-9H,1H3. The highest BCUT2D eigenvalue weighted by Gasteiger charge is 2.17. The predicted molar refractivity (Wildman–Crippen MR) is 92.5 cm³/mol. The summed E-state index contributed by atoms with van der Waals surface area (Å²) in [6.07, 6.45) is 4.06. The van der Waals surface area contributed by atoms with Crippen LogP contribution in [0.25, 0.3) is 5.52 Å². The van der Waals surface area contributed by atoms with E-state index < -0.39 is 0 Å². The number of amides is 1. The Hall–Kier alpha value is -2.18. The van der Waals surface area contributed by atoms with Crippen molar-refractivity contribution in [3.05, 3.63) is 63.3 Å². The van der Waals surface area contributed by atoms with E-state index in [4.69, 9.17) is 11.6 Å². The fourth-order valence-electron chi connectivity index (χ4n) is 2.31. The van der Waals surface area contributed by atoms with Crippen LogP contribution in [0.4, 0.5) is 5.69 Å². The van der Waals surface area contributed by atoms with E-state index in [1.807, 2.05) is 0 Å². The molecule has 0 unspecified atom stereocenters. The van der Waals surface area contributed by atoms with Gasteiger partial charge in [0.1, 0.15) is 0 Å². The first-order valence-corrected chi connectivity index (χ1v) is 7.84. The maximum absolute atomic E-state index is 12.7. The molecule has 7 heteroatoms. The average Bonchev–Trinajstić information content (AvgIpc) is 2.94. The molecule has 2 aromatic heterocycles. The Kier molecular flexibility index (Phi) is 4.19. The first-order chi connectivity index (χ1) is 11.0. The van der Waals surface area contributed by atoms with Crippen LogP contribution in [-0.4, -0.2) is 28.9 Å². The Morgan fingerprint density at radius 1 is 1.35 bits per heavy atom. The van der Waals surface area contributed by atoms with Crippen LogP contribution in [0.5, 0.6) is 0 Å². The number of hydrogen-bond acceptors (Lipinski definition) is 3. The zero-order chi connectivity index (χ0) is 16.6. The second kappa shape index (κ2) is 6.14. The number of carbonyl (C=O) groups excluding carboxylic acids is 2. The van der Waals surface area contributed by atoms with E-state index in [1.54, 1.807) is 48.2 Å². The number of nitrogens with zero attached hydrogens (tertiary/aromatic N) is 3. The summed E-state index contributed by atoms with van der Waals surface area (Å²) in [7, 11) is 1.62. The van der Waals surface area contributed by atoms with Gasteiger partial charge in [-0.2, -0.15) is 5.10 Å². The number of halogens is 2. The molecule has 0 aliphatic rings. The lowest BCUT2D eigenvalue weighted by Gasteiger charge is -2.19. The van der Waals surface area contributed by atoms with Crippen molar-refractivity contribution in [1.29, 1.82) is 0 Å². The van der Waals surface area contributed by atoms with Gasteiger partial charge in [-0.15, -0.1) is 0 Å². The molecular weight excluding hydrogens is 382 g/mol. The van der Waals surface area contributed by atoms with Gasteiger partial charge in [-0.25, -0.2) is 4.52 Å². The summed E-state index contributed by atoms with van der Waals surface area (Å²) < 4.78 is 2.47. The first-order valence-electron chi connectivity index (χ1n) is 6.67. The normalized spacial score (nSPS) is 10.7. The largest absolute Gasteiger partial charge is 0.311 e. The predicted octanol–water partition coefficient (Wildman–Crippen LogP) is 3.84. The van der Waals surface area contributed by atoms with Gasteiger partial charge in [0.25, 0.3) is 5.91 Å². The second-order valence-corrected chi connectivity index (χ2v) is 6.21. The minimum atomic E-state index is -0.231. The summed E-state index contributed by atoms with van der Waals surface area (Å²) in [6.45, 7) is 0. The summed E-state index contributed by atoms with van der Waals surface area (Å²) in [6, 6.07) is 8.25. The van der Waals surface area contributed by atoms with Crippen LogP contribution < -0.4 is 4.90 Å². The van der Waals surface area contributed by atoms with Gasteiger partial charge >= 0.3 is 0 Å². The van der Waals surface area contributed by atoms with Crippen molar-refractivity contribution in [2.75, 3.05) is 11.9 Å². The Labute approximate surface area is 145 Å². The summed E-state index contributed by atoms with van der Waals surface area (Å²) in [5.74, 6) is -0.231. The molecular formula is C16H11BrClN3O2. The molecule has 0 saturated heterocycles. The molecule has 1 amide bonds. The molecule has 0 saturated carbocycles. The Bertz CT molecular complexity index is 923. The highest BCUT2D eigenvalue weighted by molar-refractivity contribution is 9.10.